The molecule has 1 saturated heterocycles. The molecule has 1 aromatic rings. The molecule has 0 aromatic carbocycles. The maximum absolute atomic E-state index is 5.55. The van der Waals surface area contributed by atoms with Crippen LogP contribution in [-0.4, -0.2) is 22.8 Å². The van der Waals surface area contributed by atoms with E-state index < -0.39 is 0 Å². The molecule has 0 spiro atoms. The Labute approximate surface area is 102 Å². The number of aromatic amines is 1. The molecule has 90 valence electrons. The Morgan fingerprint density at radius 1 is 1.50 bits per heavy atom. The predicted octanol–water partition coefficient (Wildman–Crippen LogP) is 3.19. The van der Waals surface area contributed by atoms with Gasteiger partial charge in [-0.05, 0) is 25.1 Å². The van der Waals surface area contributed by atoms with Gasteiger partial charge in [-0.25, -0.2) is 0 Å². The number of nitrogens with one attached hydrogen (secondary N) is 1. The average molecular weight is 240 g/mol. The van der Waals surface area contributed by atoms with Gasteiger partial charge in [0.2, 0.25) is 0 Å². The van der Waals surface area contributed by atoms with Gasteiger partial charge >= 0.3 is 0 Å². The Morgan fingerprint density at radius 2 is 2.25 bits per heavy atom. The van der Waals surface area contributed by atoms with Crippen molar-refractivity contribution in [1.82, 2.24) is 9.55 Å². The number of H-pyrrole nitrogens is 1. The summed E-state index contributed by atoms with van der Waals surface area (Å²) in [5.41, 5.74) is 1.39. The summed E-state index contributed by atoms with van der Waals surface area (Å²) >= 11 is 5.37. The van der Waals surface area contributed by atoms with E-state index in [4.69, 9.17) is 17.0 Å². The predicted molar refractivity (Wildman–Crippen MR) is 67.4 cm³/mol. The van der Waals surface area contributed by atoms with Gasteiger partial charge in [0.05, 0.1) is 12.6 Å². The van der Waals surface area contributed by atoms with Gasteiger partial charge in [-0.15, -0.1) is 0 Å². The monoisotopic (exact) mass is 240 g/mol. The quantitative estimate of drug-likeness (QED) is 0.764. The minimum Gasteiger partial charge on any atom is -0.379 e. The molecule has 1 aliphatic rings. The highest BCUT2D eigenvalue weighted by molar-refractivity contribution is 7.71. The Morgan fingerprint density at radius 3 is 2.81 bits per heavy atom. The molecule has 0 bridgehead atoms. The van der Waals surface area contributed by atoms with Crippen molar-refractivity contribution < 1.29 is 4.74 Å². The molecule has 0 amide bonds. The zero-order valence-electron chi connectivity index (χ0n) is 10.2. The van der Waals surface area contributed by atoms with Crippen LogP contribution in [0.2, 0.25) is 0 Å². The lowest BCUT2D eigenvalue weighted by Gasteiger charge is -2.29. The molecule has 3 nitrogen and oxygen atoms in total. The largest absolute Gasteiger partial charge is 0.379 e. The maximum Gasteiger partial charge on any atom is 0.177 e. The van der Waals surface area contributed by atoms with Crippen LogP contribution in [-0.2, 0) is 10.2 Å². The SMILES string of the molecule is CC(C)(C)c1c[nH]c(=S)n1C1CCCOC1. The molecule has 0 saturated carbocycles. The molecule has 0 aliphatic carbocycles. The Balaban J connectivity index is 2.38. The fraction of sp³-hybridized carbons (Fsp3) is 0.750. The lowest BCUT2D eigenvalue weighted by molar-refractivity contribution is 0.0570. The second-order valence-electron chi connectivity index (χ2n) is 5.47. The van der Waals surface area contributed by atoms with E-state index in [2.05, 4.69) is 30.3 Å². The lowest BCUT2D eigenvalue weighted by atomic mass is 9.92. The van der Waals surface area contributed by atoms with Gasteiger partial charge in [-0.1, -0.05) is 20.8 Å². The average Bonchev–Trinajstić information content (AvgIpc) is 2.61. The molecule has 1 aromatic heterocycles. The first-order valence-electron chi connectivity index (χ1n) is 5.88. The van der Waals surface area contributed by atoms with Crippen LogP contribution in [0, 0.1) is 4.77 Å². The normalized spacial score (nSPS) is 22.3. The molecule has 1 N–H and O–H groups in total. The second-order valence-corrected chi connectivity index (χ2v) is 5.86. The van der Waals surface area contributed by atoms with Gasteiger partial charge in [0.15, 0.2) is 4.77 Å². The second kappa shape index (κ2) is 4.34. The Bertz CT molecular complexity index is 407. The van der Waals surface area contributed by atoms with E-state index in [1.807, 2.05) is 6.20 Å². The van der Waals surface area contributed by atoms with Crippen molar-refractivity contribution in [3.63, 3.8) is 0 Å². The highest BCUT2D eigenvalue weighted by Gasteiger charge is 2.25. The minimum atomic E-state index is 0.116. The standard InChI is InChI=1S/C12H20N2OS/c1-12(2,3)10-7-13-11(16)14(10)9-5-4-6-15-8-9/h7,9H,4-6,8H2,1-3H3,(H,13,16). The Kier molecular flexibility index (Phi) is 3.22. The first kappa shape index (κ1) is 11.9. The van der Waals surface area contributed by atoms with Crippen molar-refractivity contribution in [3.8, 4) is 0 Å². The summed E-state index contributed by atoms with van der Waals surface area (Å²) in [5, 5.41) is 0. The van der Waals surface area contributed by atoms with E-state index in [1.54, 1.807) is 0 Å². The van der Waals surface area contributed by atoms with Crippen molar-refractivity contribution >= 4 is 12.2 Å². The first-order chi connectivity index (χ1) is 7.50. The fourth-order valence-electron chi connectivity index (χ4n) is 2.25. The zero-order valence-corrected chi connectivity index (χ0v) is 11.1. The number of hydrogen-bond donors (Lipinski definition) is 1. The molecule has 4 heteroatoms. The molecule has 1 aliphatic heterocycles. The third kappa shape index (κ3) is 2.23. The van der Waals surface area contributed by atoms with Crippen LogP contribution >= 0.6 is 12.2 Å². The number of ether oxygens (including phenoxy) is 1. The van der Waals surface area contributed by atoms with Gasteiger partial charge in [0.25, 0.3) is 0 Å². The van der Waals surface area contributed by atoms with E-state index in [-0.39, 0.29) is 5.41 Å². The van der Waals surface area contributed by atoms with Crippen molar-refractivity contribution in [2.75, 3.05) is 13.2 Å². The summed E-state index contributed by atoms with van der Waals surface area (Å²) in [6.07, 6.45) is 4.33. The highest BCUT2D eigenvalue weighted by Crippen LogP contribution is 2.28. The molecule has 2 rings (SSSR count). The number of imidazole rings is 1. The number of rotatable bonds is 1. The molecular weight excluding hydrogens is 220 g/mol. The smallest absolute Gasteiger partial charge is 0.177 e. The van der Waals surface area contributed by atoms with Gasteiger partial charge in [-0.2, -0.15) is 0 Å². The lowest BCUT2D eigenvalue weighted by Crippen LogP contribution is -2.26. The van der Waals surface area contributed by atoms with Gasteiger partial charge in [0.1, 0.15) is 0 Å². The van der Waals surface area contributed by atoms with E-state index in [9.17, 15) is 0 Å². The number of hydrogen-bond acceptors (Lipinski definition) is 2. The van der Waals surface area contributed by atoms with Crippen molar-refractivity contribution in [3.05, 3.63) is 16.7 Å². The Hall–Kier alpha value is -0.610. The van der Waals surface area contributed by atoms with E-state index in [0.717, 1.165) is 30.8 Å². The topological polar surface area (TPSA) is 29.9 Å². The van der Waals surface area contributed by atoms with Crippen LogP contribution in [0.1, 0.15) is 45.3 Å². The molecule has 2 heterocycles. The van der Waals surface area contributed by atoms with Crippen molar-refractivity contribution in [1.29, 1.82) is 0 Å². The minimum absolute atomic E-state index is 0.116. The molecule has 1 atom stereocenters. The molecule has 0 radical (unpaired) electrons. The summed E-state index contributed by atoms with van der Waals surface area (Å²) in [5.74, 6) is 0. The molecule has 1 unspecified atom stereocenters. The highest BCUT2D eigenvalue weighted by atomic mass is 32.1. The fourth-order valence-corrected chi connectivity index (χ4v) is 2.55. The molecule has 1 fully saturated rings. The van der Waals surface area contributed by atoms with Gasteiger partial charge in [0, 0.05) is 23.9 Å². The van der Waals surface area contributed by atoms with Crippen molar-refractivity contribution in [2.24, 2.45) is 0 Å². The van der Waals surface area contributed by atoms with Crippen molar-refractivity contribution in [2.45, 2.75) is 45.1 Å². The zero-order chi connectivity index (χ0) is 11.8. The summed E-state index contributed by atoms with van der Waals surface area (Å²) in [7, 11) is 0. The van der Waals surface area contributed by atoms with E-state index >= 15 is 0 Å². The van der Waals surface area contributed by atoms with Crippen LogP contribution in [0.5, 0.6) is 0 Å². The number of nitrogens with zero attached hydrogens (tertiary/aromatic N) is 1. The summed E-state index contributed by atoms with van der Waals surface area (Å²) in [4.78, 5) is 3.16. The maximum atomic E-state index is 5.55. The van der Waals surface area contributed by atoms with Crippen LogP contribution in [0.4, 0.5) is 0 Å². The summed E-state index contributed by atoms with van der Waals surface area (Å²) in [6.45, 7) is 8.32. The summed E-state index contributed by atoms with van der Waals surface area (Å²) < 4.78 is 8.61. The molecular formula is C12H20N2OS. The van der Waals surface area contributed by atoms with Crippen LogP contribution in [0.15, 0.2) is 6.20 Å². The number of aromatic nitrogens is 2. The first-order valence-corrected chi connectivity index (χ1v) is 6.29. The van der Waals surface area contributed by atoms with Crippen LogP contribution in [0.25, 0.3) is 0 Å². The third-order valence-electron chi connectivity index (χ3n) is 3.08. The summed E-state index contributed by atoms with van der Waals surface area (Å²) in [6, 6.07) is 0.404. The van der Waals surface area contributed by atoms with Crippen LogP contribution in [0.3, 0.4) is 0 Å². The van der Waals surface area contributed by atoms with E-state index in [0.29, 0.717) is 6.04 Å². The van der Waals surface area contributed by atoms with Gasteiger partial charge < -0.3 is 14.3 Å². The van der Waals surface area contributed by atoms with Gasteiger partial charge in [-0.3, -0.25) is 0 Å². The van der Waals surface area contributed by atoms with Crippen LogP contribution < -0.4 is 0 Å². The third-order valence-corrected chi connectivity index (χ3v) is 3.40. The molecule has 16 heavy (non-hydrogen) atoms. The van der Waals surface area contributed by atoms with E-state index in [1.165, 1.54) is 5.69 Å².